The molecule has 1 aliphatic rings. The molecule has 0 fully saturated rings. The average Bonchev–Trinajstić information content (AvgIpc) is 2.78. The molecule has 1 aliphatic carbocycles. The summed E-state index contributed by atoms with van der Waals surface area (Å²) in [5.74, 6) is -0.410. The largest absolute Gasteiger partial charge is 0.572 e. The zero-order valence-electron chi connectivity index (χ0n) is 14.7. The summed E-state index contributed by atoms with van der Waals surface area (Å²) in [6.07, 6.45) is 3.06. The highest BCUT2D eigenvalue weighted by Crippen LogP contribution is 2.27. The third-order valence-corrected chi connectivity index (χ3v) is 4.34. The molecule has 2 rings (SSSR count). The SMILES string of the molecule is C.CC(=O)S/C(=C\c1cccc(C2=CC=C(OC(F)(F)F)CC=C2)c1)C(C)=O. The summed E-state index contributed by atoms with van der Waals surface area (Å²) in [5.41, 5.74) is 2.18. The van der Waals surface area contributed by atoms with Crippen molar-refractivity contribution in [1.29, 1.82) is 0 Å². The number of Topliss-reactive ketones (excluding diaryl/α,β-unsaturated/α-hetero) is 1. The molecule has 0 aromatic heterocycles. The molecule has 0 N–H and O–H groups in total. The van der Waals surface area contributed by atoms with Crippen molar-refractivity contribution in [3.05, 3.63) is 70.4 Å². The van der Waals surface area contributed by atoms with E-state index in [1.165, 1.54) is 19.9 Å². The first-order valence-corrected chi connectivity index (χ1v) is 8.80. The van der Waals surface area contributed by atoms with Crippen LogP contribution in [0.2, 0.25) is 0 Å². The number of halogens is 3. The summed E-state index contributed by atoms with van der Waals surface area (Å²) in [7, 11) is 0. The molecule has 1 aromatic rings. The number of alkyl halides is 3. The summed E-state index contributed by atoms with van der Waals surface area (Å²) in [6, 6.07) is 7.15. The zero-order chi connectivity index (χ0) is 20.0. The van der Waals surface area contributed by atoms with Crippen LogP contribution in [0.1, 0.15) is 38.8 Å². The van der Waals surface area contributed by atoms with Crippen molar-refractivity contribution in [1.82, 2.24) is 0 Å². The predicted molar refractivity (Wildman–Crippen MR) is 107 cm³/mol. The Kier molecular flexibility index (Phi) is 8.50. The van der Waals surface area contributed by atoms with E-state index in [9.17, 15) is 22.8 Å². The molecule has 0 aliphatic heterocycles. The molecule has 0 radical (unpaired) electrons. The van der Waals surface area contributed by atoms with Crippen LogP contribution in [0.15, 0.2) is 59.2 Å². The fraction of sp³-hybridized carbons (Fsp3) is 0.238. The Bertz CT molecular complexity index is 862. The van der Waals surface area contributed by atoms with E-state index in [2.05, 4.69) is 4.74 Å². The molecular weight excluding hydrogens is 389 g/mol. The molecule has 28 heavy (non-hydrogen) atoms. The second-order valence-electron chi connectivity index (χ2n) is 5.69. The van der Waals surface area contributed by atoms with Crippen LogP contribution < -0.4 is 0 Å². The lowest BCUT2D eigenvalue weighted by Crippen LogP contribution is -2.12. The summed E-state index contributed by atoms with van der Waals surface area (Å²) < 4.78 is 41.0. The van der Waals surface area contributed by atoms with Gasteiger partial charge in [-0.15, -0.1) is 13.2 Å². The number of hydrogen-bond donors (Lipinski definition) is 0. The van der Waals surface area contributed by atoms with Gasteiger partial charge < -0.3 is 4.74 Å². The van der Waals surface area contributed by atoms with Gasteiger partial charge in [-0.25, -0.2) is 0 Å². The molecule has 1 aromatic carbocycles. The highest BCUT2D eigenvalue weighted by atomic mass is 32.2. The van der Waals surface area contributed by atoms with Crippen LogP contribution in [0.4, 0.5) is 13.2 Å². The Morgan fingerprint density at radius 1 is 1.18 bits per heavy atom. The lowest BCUT2D eigenvalue weighted by atomic mass is 10.0. The minimum atomic E-state index is -4.72. The van der Waals surface area contributed by atoms with Gasteiger partial charge in [-0.05, 0) is 53.6 Å². The van der Waals surface area contributed by atoms with Gasteiger partial charge in [0.2, 0.25) is 0 Å². The van der Waals surface area contributed by atoms with Gasteiger partial charge in [-0.1, -0.05) is 43.9 Å². The molecule has 0 unspecified atom stereocenters. The Morgan fingerprint density at radius 2 is 1.89 bits per heavy atom. The van der Waals surface area contributed by atoms with E-state index in [4.69, 9.17) is 0 Å². The Hall–Kier alpha value is -2.54. The van der Waals surface area contributed by atoms with Gasteiger partial charge in [-0.2, -0.15) is 0 Å². The van der Waals surface area contributed by atoms with E-state index in [1.807, 2.05) is 6.07 Å². The van der Waals surface area contributed by atoms with E-state index in [-0.39, 0.29) is 30.5 Å². The van der Waals surface area contributed by atoms with Gasteiger partial charge in [0.25, 0.3) is 0 Å². The molecule has 0 saturated carbocycles. The molecule has 0 spiro atoms. The highest BCUT2D eigenvalue weighted by Gasteiger charge is 2.31. The van der Waals surface area contributed by atoms with E-state index in [1.54, 1.807) is 42.5 Å². The fourth-order valence-electron chi connectivity index (χ4n) is 2.34. The maximum atomic E-state index is 12.4. The topological polar surface area (TPSA) is 43.4 Å². The quantitative estimate of drug-likeness (QED) is 0.535. The van der Waals surface area contributed by atoms with Crippen molar-refractivity contribution in [3.63, 3.8) is 0 Å². The number of carbonyl (C=O) groups is 2. The van der Waals surface area contributed by atoms with Crippen LogP contribution in [0.3, 0.4) is 0 Å². The maximum absolute atomic E-state index is 12.4. The van der Waals surface area contributed by atoms with Crippen LogP contribution >= 0.6 is 11.8 Å². The van der Waals surface area contributed by atoms with E-state index >= 15 is 0 Å². The number of ether oxygens (including phenoxy) is 1. The summed E-state index contributed by atoms with van der Waals surface area (Å²) >= 11 is 0.864. The van der Waals surface area contributed by atoms with Crippen molar-refractivity contribution in [2.45, 2.75) is 34.1 Å². The summed E-state index contributed by atoms with van der Waals surface area (Å²) in [6.45, 7) is 2.76. The second-order valence-corrected chi connectivity index (χ2v) is 6.91. The molecule has 3 nitrogen and oxygen atoms in total. The minimum Gasteiger partial charge on any atom is -0.410 e. The van der Waals surface area contributed by atoms with Crippen LogP contribution in [0.25, 0.3) is 11.6 Å². The molecule has 0 heterocycles. The van der Waals surface area contributed by atoms with Crippen molar-refractivity contribution >= 4 is 34.3 Å². The standard InChI is InChI=1S/C20H17F3O3S.CH4/c1-13(24)19(27-14(2)25)12-15-5-3-7-17(11-15)16-6-4-8-18(10-9-16)26-20(21,22)23;/h3-7,9-12H,8H2,1-2H3;1H4/b19-12-;. The van der Waals surface area contributed by atoms with Gasteiger partial charge in [0.05, 0.1) is 4.91 Å². The maximum Gasteiger partial charge on any atom is 0.572 e. The van der Waals surface area contributed by atoms with Crippen molar-refractivity contribution in [2.24, 2.45) is 0 Å². The number of carbonyl (C=O) groups excluding carboxylic acids is 2. The number of rotatable bonds is 5. The molecule has 7 heteroatoms. The highest BCUT2D eigenvalue weighted by molar-refractivity contribution is 8.17. The van der Waals surface area contributed by atoms with Crippen LogP contribution in [-0.4, -0.2) is 17.3 Å². The monoisotopic (exact) mass is 410 g/mol. The first-order chi connectivity index (χ1) is 12.6. The Balaban J connectivity index is 0.00000392. The number of hydrogen-bond acceptors (Lipinski definition) is 4. The Morgan fingerprint density at radius 3 is 2.50 bits per heavy atom. The van der Waals surface area contributed by atoms with Crippen molar-refractivity contribution in [3.8, 4) is 0 Å². The van der Waals surface area contributed by atoms with Crippen molar-refractivity contribution < 1.29 is 27.5 Å². The number of benzene rings is 1. The molecule has 0 atom stereocenters. The Labute approximate surface area is 166 Å². The van der Waals surface area contributed by atoms with E-state index in [0.717, 1.165) is 17.3 Å². The summed E-state index contributed by atoms with van der Waals surface area (Å²) in [5, 5.41) is -0.190. The van der Waals surface area contributed by atoms with Gasteiger partial charge in [0, 0.05) is 13.3 Å². The van der Waals surface area contributed by atoms with Gasteiger partial charge in [0.15, 0.2) is 10.9 Å². The predicted octanol–water partition coefficient (Wildman–Crippen LogP) is 6.30. The number of thioether (sulfide) groups is 1. The van der Waals surface area contributed by atoms with E-state index < -0.39 is 6.36 Å². The van der Waals surface area contributed by atoms with E-state index in [0.29, 0.717) is 16.0 Å². The average molecular weight is 410 g/mol. The summed E-state index contributed by atoms with van der Waals surface area (Å²) in [4.78, 5) is 23.3. The first kappa shape index (κ1) is 23.5. The molecular formula is C21H21F3O3S. The third kappa shape index (κ3) is 7.60. The van der Waals surface area contributed by atoms with Crippen LogP contribution in [0, 0.1) is 0 Å². The van der Waals surface area contributed by atoms with Crippen LogP contribution in [-0.2, 0) is 14.3 Å². The van der Waals surface area contributed by atoms with Gasteiger partial charge >= 0.3 is 6.36 Å². The third-order valence-electron chi connectivity index (χ3n) is 3.43. The van der Waals surface area contributed by atoms with Gasteiger partial charge in [-0.3, -0.25) is 9.59 Å². The minimum absolute atomic E-state index is 0. The molecule has 0 saturated heterocycles. The lowest BCUT2D eigenvalue weighted by molar-refractivity contribution is -0.305. The van der Waals surface area contributed by atoms with Crippen LogP contribution in [0.5, 0.6) is 0 Å². The number of allylic oxidation sites excluding steroid dienone is 6. The van der Waals surface area contributed by atoms with Crippen molar-refractivity contribution in [2.75, 3.05) is 0 Å². The smallest absolute Gasteiger partial charge is 0.410 e. The zero-order valence-corrected chi connectivity index (χ0v) is 15.5. The fourth-order valence-corrected chi connectivity index (χ4v) is 2.99. The first-order valence-electron chi connectivity index (χ1n) is 7.98. The number of ketones is 1. The van der Waals surface area contributed by atoms with Gasteiger partial charge in [0.1, 0.15) is 5.76 Å². The second kappa shape index (κ2) is 10.1. The lowest BCUT2D eigenvalue weighted by Gasteiger charge is -2.09. The molecule has 0 amide bonds. The molecule has 150 valence electrons. The normalized spacial score (nSPS) is 14.4. The molecule has 0 bridgehead atoms.